The highest BCUT2D eigenvalue weighted by atomic mass is 16.2. The molecule has 0 saturated heterocycles. The van der Waals surface area contributed by atoms with Crippen molar-refractivity contribution in [3.05, 3.63) is 65.7 Å². The number of nitrogens with one attached hydrogen (secondary N) is 1. The van der Waals surface area contributed by atoms with E-state index < -0.39 is 0 Å². The molecule has 0 bridgehead atoms. The Labute approximate surface area is 163 Å². The van der Waals surface area contributed by atoms with E-state index in [-0.39, 0.29) is 22.9 Å². The van der Waals surface area contributed by atoms with E-state index in [9.17, 15) is 4.79 Å². The summed E-state index contributed by atoms with van der Waals surface area (Å²) in [5.74, 6) is 0.470. The lowest BCUT2D eigenvalue weighted by atomic mass is 10.0. The Morgan fingerprint density at radius 3 is 2.07 bits per heavy atom. The van der Waals surface area contributed by atoms with Crippen molar-refractivity contribution in [2.24, 2.45) is 16.7 Å². The molecule has 3 heteroatoms. The number of benzene rings is 2. The molecule has 0 heterocycles. The zero-order valence-electron chi connectivity index (χ0n) is 17.4. The molecular weight excluding hydrogens is 332 g/mol. The Hall–Kier alpha value is -2.29. The molecule has 0 aliphatic heterocycles. The van der Waals surface area contributed by atoms with Crippen molar-refractivity contribution < 1.29 is 4.79 Å². The number of carbonyl (C=O) groups is 1. The normalized spacial score (nSPS) is 18.6. The van der Waals surface area contributed by atoms with E-state index >= 15 is 0 Å². The number of rotatable bonds is 5. The van der Waals surface area contributed by atoms with Gasteiger partial charge in [-0.2, -0.15) is 0 Å². The molecule has 1 aliphatic rings. The fourth-order valence-electron chi connectivity index (χ4n) is 4.65. The van der Waals surface area contributed by atoms with Gasteiger partial charge in [0.15, 0.2) is 0 Å². The van der Waals surface area contributed by atoms with Crippen molar-refractivity contribution in [2.75, 3.05) is 5.32 Å². The van der Waals surface area contributed by atoms with E-state index in [0.29, 0.717) is 12.5 Å². The first-order valence-electron chi connectivity index (χ1n) is 9.83. The maximum atomic E-state index is 13.2. The van der Waals surface area contributed by atoms with Gasteiger partial charge in [0.1, 0.15) is 0 Å². The summed E-state index contributed by atoms with van der Waals surface area (Å²) in [5, 5.41) is 3.09. The number of carbonyl (C=O) groups excluding carboxylic acids is 1. The van der Waals surface area contributed by atoms with Crippen molar-refractivity contribution in [3.8, 4) is 0 Å². The first kappa shape index (κ1) is 19.5. The molecule has 0 radical (unpaired) electrons. The minimum absolute atomic E-state index is 0.0336. The van der Waals surface area contributed by atoms with Crippen LogP contribution in [-0.4, -0.2) is 17.0 Å². The standard InChI is InChI=1S/C24H32N2O/c1-17-12-14-20(15-13-17)25-22(27)26(16-19-10-8-7-9-11-19)18(2)21-23(3,4)24(21,5)6/h7-15,18,21H,16H2,1-6H3,(H,25,27). The number of anilines is 1. The van der Waals surface area contributed by atoms with Crippen LogP contribution in [0.2, 0.25) is 0 Å². The molecule has 1 aliphatic carbocycles. The molecule has 1 saturated carbocycles. The van der Waals surface area contributed by atoms with E-state index in [1.54, 1.807) is 0 Å². The van der Waals surface area contributed by atoms with E-state index in [1.165, 1.54) is 5.56 Å². The van der Waals surface area contributed by atoms with Gasteiger partial charge in [-0.3, -0.25) is 0 Å². The lowest BCUT2D eigenvalue weighted by Gasteiger charge is -2.31. The quantitative estimate of drug-likeness (QED) is 0.683. The van der Waals surface area contributed by atoms with Gasteiger partial charge < -0.3 is 10.2 Å². The summed E-state index contributed by atoms with van der Waals surface area (Å²) >= 11 is 0. The minimum atomic E-state index is -0.0336. The van der Waals surface area contributed by atoms with Crippen LogP contribution >= 0.6 is 0 Å². The SMILES string of the molecule is Cc1ccc(NC(=O)N(Cc2ccccc2)C(C)C2C(C)(C)C2(C)C)cc1. The summed E-state index contributed by atoms with van der Waals surface area (Å²) in [6.07, 6.45) is 0. The third kappa shape index (κ3) is 3.73. The van der Waals surface area contributed by atoms with E-state index in [4.69, 9.17) is 0 Å². The van der Waals surface area contributed by atoms with Crippen LogP contribution < -0.4 is 5.32 Å². The molecule has 0 spiro atoms. The van der Waals surface area contributed by atoms with Crippen molar-refractivity contribution in [3.63, 3.8) is 0 Å². The number of hydrogen-bond donors (Lipinski definition) is 1. The Morgan fingerprint density at radius 2 is 1.56 bits per heavy atom. The number of urea groups is 1. The summed E-state index contributed by atoms with van der Waals surface area (Å²) in [4.78, 5) is 15.2. The highest BCUT2D eigenvalue weighted by Crippen LogP contribution is 2.70. The van der Waals surface area contributed by atoms with Gasteiger partial charge in [-0.25, -0.2) is 4.79 Å². The first-order chi connectivity index (χ1) is 12.6. The average Bonchev–Trinajstić information content (AvgIpc) is 3.04. The molecular formula is C24H32N2O. The third-order valence-electron chi connectivity index (χ3n) is 6.87. The molecule has 144 valence electrons. The minimum Gasteiger partial charge on any atom is -0.317 e. The molecule has 1 atom stereocenters. The zero-order chi connectivity index (χ0) is 19.8. The van der Waals surface area contributed by atoms with Crippen LogP contribution in [0, 0.1) is 23.7 Å². The van der Waals surface area contributed by atoms with E-state index in [1.807, 2.05) is 54.3 Å². The van der Waals surface area contributed by atoms with Crippen LogP contribution in [0.25, 0.3) is 0 Å². The largest absolute Gasteiger partial charge is 0.322 e. The monoisotopic (exact) mass is 364 g/mol. The smallest absolute Gasteiger partial charge is 0.317 e. The molecule has 1 N–H and O–H groups in total. The molecule has 1 fully saturated rings. The summed E-state index contributed by atoms with van der Waals surface area (Å²) in [7, 11) is 0. The average molecular weight is 365 g/mol. The van der Waals surface area contributed by atoms with Gasteiger partial charge in [0.2, 0.25) is 0 Å². The summed E-state index contributed by atoms with van der Waals surface area (Å²) in [6, 6.07) is 18.3. The second-order valence-electron chi connectivity index (χ2n) is 9.07. The fourth-order valence-corrected chi connectivity index (χ4v) is 4.65. The molecule has 27 heavy (non-hydrogen) atoms. The Bertz CT molecular complexity index is 779. The van der Waals surface area contributed by atoms with Crippen LogP contribution in [0.1, 0.15) is 45.7 Å². The predicted molar refractivity (Wildman–Crippen MR) is 113 cm³/mol. The van der Waals surface area contributed by atoms with Gasteiger partial charge in [-0.15, -0.1) is 0 Å². The highest BCUT2D eigenvalue weighted by molar-refractivity contribution is 5.89. The van der Waals surface area contributed by atoms with E-state index in [2.05, 4.69) is 52.1 Å². The topological polar surface area (TPSA) is 32.3 Å². The molecule has 3 rings (SSSR count). The zero-order valence-corrected chi connectivity index (χ0v) is 17.4. The number of amides is 2. The van der Waals surface area contributed by atoms with Crippen molar-refractivity contribution in [1.82, 2.24) is 4.90 Å². The lowest BCUT2D eigenvalue weighted by Crippen LogP contribution is -2.43. The Balaban J connectivity index is 1.83. The summed E-state index contributed by atoms with van der Waals surface area (Å²) in [6.45, 7) is 14.1. The van der Waals surface area contributed by atoms with Crippen LogP contribution in [0.5, 0.6) is 0 Å². The maximum absolute atomic E-state index is 13.2. The Kier molecular flexibility index (Phi) is 5.07. The number of nitrogens with zero attached hydrogens (tertiary/aromatic N) is 1. The second kappa shape index (κ2) is 7.03. The van der Waals surface area contributed by atoms with Crippen LogP contribution in [0.4, 0.5) is 10.5 Å². The molecule has 1 unspecified atom stereocenters. The predicted octanol–water partition coefficient (Wildman–Crippen LogP) is 6.10. The maximum Gasteiger partial charge on any atom is 0.322 e. The third-order valence-corrected chi connectivity index (χ3v) is 6.87. The van der Waals surface area contributed by atoms with Crippen LogP contribution in [0.15, 0.2) is 54.6 Å². The lowest BCUT2D eigenvalue weighted by molar-refractivity contribution is 0.171. The van der Waals surface area contributed by atoms with Crippen molar-refractivity contribution >= 4 is 11.7 Å². The Morgan fingerprint density at radius 1 is 1.00 bits per heavy atom. The van der Waals surface area contributed by atoms with Gasteiger partial charge in [0.05, 0.1) is 0 Å². The molecule has 2 aromatic rings. The molecule has 0 aromatic heterocycles. The summed E-state index contributed by atoms with van der Waals surface area (Å²) < 4.78 is 0. The van der Waals surface area contributed by atoms with Crippen LogP contribution in [0.3, 0.4) is 0 Å². The number of hydrogen-bond acceptors (Lipinski definition) is 1. The second-order valence-corrected chi connectivity index (χ2v) is 9.07. The van der Waals surface area contributed by atoms with Gasteiger partial charge >= 0.3 is 6.03 Å². The van der Waals surface area contributed by atoms with Crippen LogP contribution in [-0.2, 0) is 6.54 Å². The van der Waals surface area contributed by atoms with E-state index in [0.717, 1.165) is 11.3 Å². The molecule has 2 amide bonds. The van der Waals surface area contributed by atoms with Crippen molar-refractivity contribution in [2.45, 2.75) is 54.1 Å². The highest BCUT2D eigenvalue weighted by Gasteiger charge is 2.67. The first-order valence-corrected chi connectivity index (χ1v) is 9.83. The number of aryl methyl sites for hydroxylation is 1. The molecule has 3 nitrogen and oxygen atoms in total. The van der Waals surface area contributed by atoms with Gasteiger partial charge in [-0.1, -0.05) is 75.7 Å². The van der Waals surface area contributed by atoms with Gasteiger partial charge in [0.25, 0.3) is 0 Å². The van der Waals surface area contributed by atoms with Gasteiger partial charge in [0, 0.05) is 18.3 Å². The van der Waals surface area contributed by atoms with Gasteiger partial charge in [-0.05, 0) is 48.3 Å². The van der Waals surface area contributed by atoms with Crippen molar-refractivity contribution in [1.29, 1.82) is 0 Å². The molecule has 2 aromatic carbocycles. The summed E-state index contributed by atoms with van der Waals surface area (Å²) in [5.41, 5.74) is 3.63. The fraction of sp³-hybridized carbons (Fsp3) is 0.458.